The number of fused-ring (bicyclic) bond motifs is 2. The normalized spacial score (nSPS) is 18.1. The Balaban J connectivity index is 1.39. The monoisotopic (exact) mass is 556 g/mol. The van der Waals surface area contributed by atoms with Crippen molar-refractivity contribution in [2.45, 2.75) is 63.3 Å². The van der Waals surface area contributed by atoms with Crippen LogP contribution in [-0.4, -0.2) is 35.0 Å². The Hall–Kier alpha value is -3.72. The van der Waals surface area contributed by atoms with Crippen LogP contribution in [0.2, 0.25) is 0 Å². The van der Waals surface area contributed by atoms with Crippen LogP contribution in [0.3, 0.4) is 0 Å². The molecule has 9 heteroatoms. The number of benzene rings is 3. The van der Waals surface area contributed by atoms with Crippen LogP contribution in [0.5, 0.6) is 17.2 Å². The maximum absolute atomic E-state index is 14.1. The topological polar surface area (TPSA) is 85.2 Å². The highest BCUT2D eigenvalue weighted by molar-refractivity contribution is 5.75. The molecule has 3 aromatic rings. The third kappa shape index (κ3) is 6.04. The highest BCUT2D eigenvalue weighted by atomic mass is 19.4. The van der Waals surface area contributed by atoms with Crippen molar-refractivity contribution in [1.29, 1.82) is 0 Å². The Bertz CT molecular complexity index is 1390. The minimum absolute atomic E-state index is 0.0263. The van der Waals surface area contributed by atoms with E-state index in [0.717, 1.165) is 11.6 Å². The molecule has 6 nitrogen and oxygen atoms in total. The number of halogens is 3. The second-order valence-electron chi connectivity index (χ2n) is 10.9. The van der Waals surface area contributed by atoms with Crippen molar-refractivity contribution in [2.24, 2.45) is 0 Å². The van der Waals surface area contributed by atoms with Crippen molar-refractivity contribution in [2.75, 3.05) is 13.2 Å². The summed E-state index contributed by atoms with van der Waals surface area (Å²) < 4.78 is 59.9. The van der Waals surface area contributed by atoms with Gasteiger partial charge < -0.3 is 24.4 Å². The molecule has 1 heterocycles. The average Bonchev–Trinajstić information content (AvgIpc) is 3.46. The van der Waals surface area contributed by atoms with Crippen LogP contribution >= 0.6 is 0 Å². The molecule has 212 valence electrons. The van der Waals surface area contributed by atoms with Gasteiger partial charge in [0.05, 0.1) is 30.8 Å². The number of hydrogen-bond acceptors (Lipinski definition) is 5. The van der Waals surface area contributed by atoms with Crippen molar-refractivity contribution in [1.82, 2.24) is 0 Å². The Kier molecular flexibility index (Phi) is 7.44. The first-order valence-corrected chi connectivity index (χ1v) is 13.2. The molecule has 0 unspecified atom stereocenters. The number of ether oxygens (including phenoxy) is 3. The second-order valence-corrected chi connectivity index (χ2v) is 10.9. The van der Waals surface area contributed by atoms with Crippen molar-refractivity contribution < 1.29 is 42.4 Å². The zero-order chi connectivity index (χ0) is 28.7. The Morgan fingerprint density at radius 2 is 1.73 bits per heavy atom. The van der Waals surface area contributed by atoms with Crippen molar-refractivity contribution >= 4 is 5.97 Å². The van der Waals surface area contributed by atoms with Crippen molar-refractivity contribution in [3.8, 4) is 28.4 Å². The van der Waals surface area contributed by atoms with E-state index in [-0.39, 0.29) is 31.1 Å². The molecule has 0 amide bonds. The van der Waals surface area contributed by atoms with Gasteiger partial charge in [-0.3, -0.25) is 4.79 Å². The second kappa shape index (κ2) is 10.7. The molecule has 0 radical (unpaired) electrons. The van der Waals surface area contributed by atoms with Gasteiger partial charge in [-0.05, 0) is 73.2 Å². The van der Waals surface area contributed by atoms with E-state index in [1.807, 2.05) is 0 Å². The lowest BCUT2D eigenvalue weighted by molar-refractivity contribution is -0.138. The van der Waals surface area contributed by atoms with Gasteiger partial charge in [0.2, 0.25) is 0 Å². The van der Waals surface area contributed by atoms with Crippen LogP contribution in [0, 0.1) is 0 Å². The lowest BCUT2D eigenvalue weighted by atomic mass is 9.91. The van der Waals surface area contributed by atoms with E-state index in [2.05, 4.69) is 0 Å². The van der Waals surface area contributed by atoms with Crippen LogP contribution in [0.25, 0.3) is 11.1 Å². The number of aliphatic hydroxyl groups is 1. The van der Waals surface area contributed by atoms with Gasteiger partial charge in [0.25, 0.3) is 0 Å². The minimum Gasteiger partial charge on any atom is -0.493 e. The highest BCUT2D eigenvalue weighted by Crippen LogP contribution is 2.47. The number of alkyl halides is 3. The fourth-order valence-corrected chi connectivity index (χ4v) is 5.37. The molecule has 3 aromatic carbocycles. The van der Waals surface area contributed by atoms with Gasteiger partial charge >= 0.3 is 12.1 Å². The summed E-state index contributed by atoms with van der Waals surface area (Å²) in [5.74, 6) is 0.475. The summed E-state index contributed by atoms with van der Waals surface area (Å²) in [7, 11) is 0. The predicted molar refractivity (Wildman–Crippen MR) is 142 cm³/mol. The predicted octanol–water partition coefficient (Wildman–Crippen LogP) is 6.93. The highest BCUT2D eigenvalue weighted by Gasteiger charge is 2.38. The third-order valence-electron chi connectivity index (χ3n) is 7.35. The van der Waals surface area contributed by atoms with Crippen molar-refractivity contribution in [3.05, 3.63) is 76.9 Å². The standard InChI is InChI=1S/C31H31F3O6/c1-30(2,37)13-14-38-20-5-3-18(4-6-20)29-24-10-12-26(23(24)9-11-25(29)31(32,33)34)40-21-7-8-22-19(15-28(35)36)17-39-27(22)16-21/h3-9,11,16,19,26,37H,10,12-15,17H2,1-2H3,(H,35,36)/t19-,26-/m1/s1. The average molecular weight is 557 g/mol. The van der Waals surface area contributed by atoms with E-state index in [1.54, 1.807) is 56.3 Å². The summed E-state index contributed by atoms with van der Waals surface area (Å²) in [6, 6.07) is 14.4. The van der Waals surface area contributed by atoms with E-state index in [1.165, 1.54) is 6.07 Å². The molecule has 1 aliphatic carbocycles. The summed E-state index contributed by atoms with van der Waals surface area (Å²) in [6.45, 7) is 3.93. The zero-order valence-electron chi connectivity index (χ0n) is 22.3. The van der Waals surface area contributed by atoms with Crippen LogP contribution in [0.4, 0.5) is 13.2 Å². The van der Waals surface area contributed by atoms with Gasteiger partial charge in [0, 0.05) is 24.0 Å². The number of rotatable bonds is 9. The summed E-state index contributed by atoms with van der Waals surface area (Å²) in [6.07, 6.45) is -3.64. The molecule has 0 saturated heterocycles. The summed E-state index contributed by atoms with van der Waals surface area (Å²) in [4.78, 5) is 11.1. The first-order valence-electron chi connectivity index (χ1n) is 13.2. The molecule has 2 N–H and O–H groups in total. The zero-order valence-corrected chi connectivity index (χ0v) is 22.3. The molecule has 0 aromatic heterocycles. The van der Waals surface area contributed by atoms with E-state index < -0.39 is 29.4 Å². The molecule has 2 aliphatic rings. The number of carboxylic acids is 1. The molecular formula is C31H31F3O6. The summed E-state index contributed by atoms with van der Waals surface area (Å²) in [5.41, 5.74) is 1.14. The van der Waals surface area contributed by atoms with Crippen LogP contribution < -0.4 is 14.2 Å². The quantitative estimate of drug-likeness (QED) is 0.297. The molecule has 2 atom stereocenters. The first-order chi connectivity index (χ1) is 18.9. The largest absolute Gasteiger partial charge is 0.493 e. The smallest absolute Gasteiger partial charge is 0.417 e. The van der Waals surface area contributed by atoms with Gasteiger partial charge in [0.15, 0.2) is 0 Å². The molecule has 5 rings (SSSR count). The third-order valence-corrected chi connectivity index (χ3v) is 7.35. The summed E-state index contributed by atoms with van der Waals surface area (Å²) in [5, 5.41) is 19.0. The van der Waals surface area contributed by atoms with Gasteiger partial charge in [0.1, 0.15) is 23.4 Å². The van der Waals surface area contributed by atoms with Gasteiger partial charge in [-0.1, -0.05) is 24.3 Å². The molecule has 0 spiro atoms. The van der Waals surface area contributed by atoms with E-state index in [9.17, 15) is 23.1 Å². The number of carboxylic acid groups (broad SMARTS) is 1. The van der Waals surface area contributed by atoms with E-state index in [4.69, 9.17) is 19.3 Å². The number of aliphatic carboxylic acids is 1. The maximum atomic E-state index is 14.1. The fraction of sp³-hybridized carbons (Fsp3) is 0.387. The summed E-state index contributed by atoms with van der Waals surface area (Å²) >= 11 is 0. The Morgan fingerprint density at radius 3 is 2.40 bits per heavy atom. The SMILES string of the molecule is CC(C)(O)CCOc1ccc(-c2c(C(F)(F)F)ccc3c2CC[C@H]3Oc2ccc3c(c2)OC[C@H]3CC(=O)O)cc1. The minimum atomic E-state index is -4.53. The molecule has 0 saturated carbocycles. The van der Waals surface area contributed by atoms with E-state index in [0.29, 0.717) is 53.2 Å². The van der Waals surface area contributed by atoms with Crippen LogP contribution in [-0.2, 0) is 17.4 Å². The Labute approximate surface area is 230 Å². The molecule has 0 fully saturated rings. The number of carbonyl (C=O) groups is 1. The van der Waals surface area contributed by atoms with Crippen molar-refractivity contribution in [3.63, 3.8) is 0 Å². The first kappa shape index (κ1) is 27.8. The fourth-order valence-electron chi connectivity index (χ4n) is 5.37. The lowest BCUT2D eigenvalue weighted by Gasteiger charge is -2.20. The van der Waals surface area contributed by atoms with Gasteiger partial charge in [-0.25, -0.2) is 0 Å². The van der Waals surface area contributed by atoms with Crippen LogP contribution in [0.1, 0.15) is 67.4 Å². The van der Waals surface area contributed by atoms with Gasteiger partial charge in [-0.2, -0.15) is 13.2 Å². The molecule has 1 aliphatic heterocycles. The molecule has 40 heavy (non-hydrogen) atoms. The molecule has 0 bridgehead atoms. The van der Waals surface area contributed by atoms with Crippen LogP contribution in [0.15, 0.2) is 54.6 Å². The Morgan fingerprint density at radius 1 is 1.02 bits per heavy atom. The lowest BCUT2D eigenvalue weighted by Crippen LogP contribution is -2.21. The molecular weight excluding hydrogens is 525 g/mol. The van der Waals surface area contributed by atoms with E-state index >= 15 is 0 Å². The number of hydrogen-bond donors (Lipinski definition) is 2. The maximum Gasteiger partial charge on any atom is 0.417 e. The van der Waals surface area contributed by atoms with Gasteiger partial charge in [-0.15, -0.1) is 0 Å².